The lowest BCUT2D eigenvalue weighted by Gasteiger charge is -2.15. The maximum absolute atomic E-state index is 12.7. The van der Waals surface area contributed by atoms with Crippen molar-refractivity contribution in [2.75, 3.05) is 19.8 Å². The van der Waals surface area contributed by atoms with Crippen LogP contribution >= 0.6 is 11.8 Å². The van der Waals surface area contributed by atoms with Gasteiger partial charge in [0.2, 0.25) is 0 Å². The van der Waals surface area contributed by atoms with Crippen molar-refractivity contribution in [1.29, 1.82) is 0 Å². The molecule has 0 aliphatic carbocycles. The van der Waals surface area contributed by atoms with Crippen LogP contribution in [0.25, 0.3) is 6.08 Å². The van der Waals surface area contributed by atoms with Crippen LogP contribution in [0, 0.1) is 0 Å². The number of rotatable bonds is 10. The zero-order valence-electron chi connectivity index (χ0n) is 18.0. The maximum atomic E-state index is 12.7. The Morgan fingerprint density at radius 2 is 1.72 bits per heavy atom. The number of carbonyl (C=O) groups is 3. The van der Waals surface area contributed by atoms with Crippen LogP contribution < -0.4 is 9.47 Å². The second-order valence-electron chi connectivity index (χ2n) is 7.02. The number of esters is 1. The first-order chi connectivity index (χ1) is 15.5. The van der Waals surface area contributed by atoms with E-state index in [9.17, 15) is 14.4 Å². The molecule has 0 aromatic heterocycles. The monoisotopic (exact) mass is 455 g/mol. The van der Waals surface area contributed by atoms with Crippen LogP contribution in [0.1, 0.15) is 25.8 Å². The molecule has 168 valence electrons. The van der Waals surface area contributed by atoms with Crippen molar-refractivity contribution < 1.29 is 28.6 Å². The molecule has 8 heteroatoms. The van der Waals surface area contributed by atoms with Crippen molar-refractivity contribution in [3.05, 3.63) is 65.1 Å². The molecule has 0 unspecified atom stereocenters. The average Bonchev–Trinajstić information content (AvgIpc) is 3.05. The molecule has 2 aromatic rings. The van der Waals surface area contributed by atoms with E-state index < -0.39 is 23.7 Å². The molecule has 0 bridgehead atoms. The Bertz CT molecular complexity index is 991. The summed E-state index contributed by atoms with van der Waals surface area (Å²) in [7, 11) is 0. The van der Waals surface area contributed by atoms with Gasteiger partial charge in [-0.05, 0) is 49.4 Å². The zero-order valence-corrected chi connectivity index (χ0v) is 18.8. The van der Waals surface area contributed by atoms with Gasteiger partial charge in [0, 0.05) is 5.56 Å². The third-order valence-electron chi connectivity index (χ3n) is 4.63. The van der Waals surface area contributed by atoms with E-state index in [1.54, 1.807) is 25.1 Å². The Hall–Kier alpha value is -3.26. The first-order valence-corrected chi connectivity index (χ1v) is 11.1. The summed E-state index contributed by atoms with van der Waals surface area (Å²) < 4.78 is 16.6. The molecule has 0 N–H and O–H groups in total. The highest BCUT2D eigenvalue weighted by Gasteiger charge is 2.37. The number of para-hydroxylation sites is 2. The number of benzene rings is 2. The van der Waals surface area contributed by atoms with E-state index in [-0.39, 0.29) is 11.0 Å². The van der Waals surface area contributed by atoms with Gasteiger partial charge in [-0.2, -0.15) is 0 Å². The van der Waals surface area contributed by atoms with E-state index in [2.05, 4.69) is 0 Å². The molecule has 1 saturated heterocycles. The minimum absolute atomic E-state index is 0.225. The number of imide groups is 1. The number of ether oxygens (including phenoxy) is 3. The molecule has 2 aromatic carbocycles. The molecule has 3 rings (SSSR count). The quantitative estimate of drug-likeness (QED) is 0.296. The van der Waals surface area contributed by atoms with Gasteiger partial charge in [-0.3, -0.25) is 19.3 Å². The van der Waals surface area contributed by atoms with E-state index in [4.69, 9.17) is 14.2 Å². The van der Waals surface area contributed by atoms with Crippen LogP contribution in [0.5, 0.6) is 11.5 Å². The molecular weight excluding hydrogens is 430 g/mol. The highest BCUT2D eigenvalue weighted by Crippen LogP contribution is 2.34. The summed E-state index contributed by atoms with van der Waals surface area (Å²) in [5.41, 5.74) is 0.653. The second-order valence-corrected chi connectivity index (χ2v) is 8.02. The molecule has 0 saturated carbocycles. The zero-order chi connectivity index (χ0) is 22.9. The summed E-state index contributed by atoms with van der Waals surface area (Å²) in [6.07, 6.45) is 1.98. The van der Waals surface area contributed by atoms with Crippen LogP contribution in [-0.4, -0.2) is 47.9 Å². The highest BCUT2D eigenvalue weighted by molar-refractivity contribution is 8.18. The molecule has 2 amide bonds. The van der Waals surface area contributed by atoms with Crippen LogP contribution in [0.3, 0.4) is 0 Å². The van der Waals surface area contributed by atoms with Gasteiger partial charge in [-0.25, -0.2) is 0 Å². The molecule has 0 spiro atoms. The SMILES string of the molecule is CC[C@@H](C)OC(=O)CN1C(=O)S/C(=C/c2ccccc2OCCOc2ccccc2)C1=O. The smallest absolute Gasteiger partial charge is 0.326 e. The van der Waals surface area contributed by atoms with E-state index in [0.717, 1.165) is 22.4 Å². The average molecular weight is 456 g/mol. The number of thioether (sulfide) groups is 1. The van der Waals surface area contributed by atoms with E-state index >= 15 is 0 Å². The Balaban J connectivity index is 1.62. The fourth-order valence-electron chi connectivity index (χ4n) is 2.81. The largest absolute Gasteiger partial charge is 0.490 e. The summed E-state index contributed by atoms with van der Waals surface area (Å²) in [6.45, 7) is 3.90. The standard InChI is InChI=1S/C24H25NO6S/c1-3-17(2)31-22(26)16-25-23(27)21(32-24(25)28)15-18-9-7-8-12-20(18)30-14-13-29-19-10-5-4-6-11-19/h4-12,15,17H,3,13-14,16H2,1-2H3/b21-15+/t17-/m1/s1. The lowest BCUT2D eigenvalue weighted by atomic mass is 10.2. The summed E-state index contributed by atoms with van der Waals surface area (Å²) in [6, 6.07) is 16.6. The number of nitrogens with zero attached hydrogens (tertiary/aromatic N) is 1. The van der Waals surface area contributed by atoms with Crippen LogP contribution in [0.4, 0.5) is 4.79 Å². The summed E-state index contributed by atoms with van der Waals surface area (Å²) in [5.74, 6) is 0.186. The summed E-state index contributed by atoms with van der Waals surface area (Å²) in [4.78, 5) is 38.1. The first-order valence-electron chi connectivity index (χ1n) is 10.3. The highest BCUT2D eigenvalue weighted by atomic mass is 32.2. The van der Waals surface area contributed by atoms with Crippen LogP contribution in [-0.2, 0) is 14.3 Å². The van der Waals surface area contributed by atoms with Gasteiger partial charge >= 0.3 is 5.97 Å². The van der Waals surface area contributed by atoms with E-state index in [1.165, 1.54) is 0 Å². The lowest BCUT2D eigenvalue weighted by molar-refractivity contribution is -0.150. The predicted octanol–water partition coefficient (Wildman–Crippen LogP) is 4.52. The van der Waals surface area contributed by atoms with Gasteiger partial charge in [-0.1, -0.05) is 43.3 Å². The van der Waals surface area contributed by atoms with Gasteiger partial charge in [-0.15, -0.1) is 0 Å². The molecule has 0 radical (unpaired) electrons. The Labute approximate surface area is 191 Å². The minimum atomic E-state index is -0.606. The van der Waals surface area contributed by atoms with Crippen molar-refractivity contribution in [3.63, 3.8) is 0 Å². The maximum Gasteiger partial charge on any atom is 0.326 e. The number of carbonyl (C=O) groups excluding carboxylic acids is 3. The van der Waals surface area contributed by atoms with Gasteiger partial charge < -0.3 is 14.2 Å². The lowest BCUT2D eigenvalue weighted by Crippen LogP contribution is -2.35. The van der Waals surface area contributed by atoms with Gasteiger partial charge in [0.25, 0.3) is 11.1 Å². The van der Waals surface area contributed by atoms with E-state index in [0.29, 0.717) is 30.9 Å². The molecule has 1 heterocycles. The first kappa shape index (κ1) is 23.4. The molecule has 32 heavy (non-hydrogen) atoms. The summed E-state index contributed by atoms with van der Waals surface area (Å²) >= 11 is 0.788. The fraction of sp³-hybridized carbons (Fsp3) is 0.292. The third kappa shape index (κ3) is 6.37. The molecule has 1 aliphatic rings. The Morgan fingerprint density at radius 3 is 2.47 bits per heavy atom. The van der Waals surface area contributed by atoms with Crippen molar-refractivity contribution >= 4 is 35.0 Å². The van der Waals surface area contributed by atoms with Crippen molar-refractivity contribution in [1.82, 2.24) is 4.90 Å². The second kappa shape index (κ2) is 11.4. The van der Waals surface area contributed by atoms with Crippen LogP contribution in [0.15, 0.2) is 59.5 Å². The topological polar surface area (TPSA) is 82.1 Å². The number of amides is 2. The van der Waals surface area contributed by atoms with Gasteiger partial charge in [0.05, 0.1) is 11.0 Å². The normalized spacial score (nSPS) is 15.7. The predicted molar refractivity (Wildman–Crippen MR) is 122 cm³/mol. The van der Waals surface area contributed by atoms with Crippen LogP contribution in [0.2, 0.25) is 0 Å². The molecule has 7 nitrogen and oxygen atoms in total. The Kier molecular flexibility index (Phi) is 8.33. The minimum Gasteiger partial charge on any atom is -0.490 e. The molecule has 1 aliphatic heterocycles. The fourth-order valence-corrected chi connectivity index (χ4v) is 3.64. The third-order valence-corrected chi connectivity index (χ3v) is 5.53. The molecule has 1 fully saturated rings. The Morgan fingerprint density at radius 1 is 1.03 bits per heavy atom. The number of hydrogen-bond donors (Lipinski definition) is 0. The number of hydrogen-bond acceptors (Lipinski definition) is 7. The van der Waals surface area contributed by atoms with Crippen molar-refractivity contribution in [3.8, 4) is 11.5 Å². The van der Waals surface area contributed by atoms with Gasteiger partial charge in [0.15, 0.2) is 0 Å². The van der Waals surface area contributed by atoms with Crippen molar-refractivity contribution in [2.45, 2.75) is 26.4 Å². The molecular formula is C24H25NO6S. The van der Waals surface area contributed by atoms with Crippen molar-refractivity contribution in [2.24, 2.45) is 0 Å². The molecule has 1 atom stereocenters. The van der Waals surface area contributed by atoms with E-state index in [1.807, 2.05) is 49.4 Å². The van der Waals surface area contributed by atoms with Gasteiger partial charge in [0.1, 0.15) is 31.3 Å². The summed E-state index contributed by atoms with van der Waals surface area (Å²) in [5, 5.41) is -0.503.